The molecule has 0 radical (unpaired) electrons. The van der Waals surface area contributed by atoms with E-state index in [1.54, 1.807) is 0 Å². The maximum atomic E-state index is 3.83. The molecule has 0 saturated heterocycles. The van der Waals surface area contributed by atoms with Crippen molar-refractivity contribution in [2.75, 3.05) is 0 Å². The third-order valence-electron chi connectivity index (χ3n) is 2.17. The van der Waals surface area contributed by atoms with Crippen LogP contribution >= 0.6 is 0 Å². The van der Waals surface area contributed by atoms with E-state index in [1.807, 2.05) is 6.08 Å². The minimum absolute atomic E-state index is 1.07. The average molecular weight is 160 g/mol. The van der Waals surface area contributed by atoms with Gasteiger partial charge in [0.25, 0.3) is 0 Å². The Hall–Kier alpha value is -1.04. The summed E-state index contributed by atoms with van der Waals surface area (Å²) in [4.78, 5) is 0. The van der Waals surface area contributed by atoms with Crippen LogP contribution in [0.3, 0.4) is 0 Å². The third kappa shape index (κ3) is 1.97. The second-order valence-corrected chi connectivity index (χ2v) is 3.19. The maximum absolute atomic E-state index is 3.83. The van der Waals surface area contributed by atoms with Crippen LogP contribution in [0.1, 0.15) is 26.7 Å². The Kier molecular flexibility index (Phi) is 3.09. The lowest BCUT2D eigenvalue weighted by molar-refractivity contribution is 1.03. The number of allylic oxidation sites excluding steroid dienone is 7. The molecule has 1 rings (SSSR count). The summed E-state index contributed by atoms with van der Waals surface area (Å²) < 4.78 is 0. The van der Waals surface area contributed by atoms with Crippen LogP contribution in [-0.2, 0) is 0 Å². The molecule has 0 aliphatic heterocycles. The fourth-order valence-corrected chi connectivity index (χ4v) is 1.48. The first-order chi connectivity index (χ1) is 5.77. The molecule has 1 aliphatic carbocycles. The van der Waals surface area contributed by atoms with Gasteiger partial charge in [-0.1, -0.05) is 36.5 Å². The van der Waals surface area contributed by atoms with Crippen LogP contribution in [0, 0.1) is 0 Å². The Balaban J connectivity index is 2.87. The van der Waals surface area contributed by atoms with Gasteiger partial charge in [-0.25, -0.2) is 0 Å². The largest absolute Gasteiger partial charge is 0.0988 e. The molecular formula is C12H16. The topological polar surface area (TPSA) is 0 Å². The molecule has 0 aromatic carbocycles. The standard InChI is InChI=1S/C12H16/c1-4-6-12-8-7-10(3)9-11(12)5-2/h4-7H,2,8-9H2,1,3H3/b6-4-. The summed E-state index contributed by atoms with van der Waals surface area (Å²) in [6.07, 6.45) is 10.7. The molecule has 0 unspecified atom stereocenters. The van der Waals surface area contributed by atoms with E-state index in [0.29, 0.717) is 0 Å². The van der Waals surface area contributed by atoms with Gasteiger partial charge in [0, 0.05) is 0 Å². The van der Waals surface area contributed by atoms with E-state index in [1.165, 1.54) is 16.7 Å². The van der Waals surface area contributed by atoms with Crippen LogP contribution < -0.4 is 0 Å². The molecule has 0 aromatic rings. The Morgan fingerprint density at radius 3 is 2.75 bits per heavy atom. The number of hydrogen-bond donors (Lipinski definition) is 0. The summed E-state index contributed by atoms with van der Waals surface area (Å²) in [7, 11) is 0. The Morgan fingerprint density at radius 1 is 1.42 bits per heavy atom. The molecule has 0 amide bonds. The number of rotatable bonds is 2. The molecule has 0 spiro atoms. The van der Waals surface area contributed by atoms with Crippen LogP contribution in [0.15, 0.2) is 47.6 Å². The van der Waals surface area contributed by atoms with E-state index in [-0.39, 0.29) is 0 Å². The lowest BCUT2D eigenvalue weighted by Gasteiger charge is -2.13. The van der Waals surface area contributed by atoms with Gasteiger partial charge in [-0.05, 0) is 37.8 Å². The van der Waals surface area contributed by atoms with E-state index >= 15 is 0 Å². The van der Waals surface area contributed by atoms with Gasteiger partial charge in [0.2, 0.25) is 0 Å². The van der Waals surface area contributed by atoms with E-state index in [4.69, 9.17) is 0 Å². The summed E-state index contributed by atoms with van der Waals surface area (Å²) in [6.45, 7) is 8.06. The smallest absolute Gasteiger partial charge is 0.00671 e. The number of hydrogen-bond acceptors (Lipinski definition) is 0. The van der Waals surface area contributed by atoms with Gasteiger partial charge in [0.1, 0.15) is 0 Å². The van der Waals surface area contributed by atoms with Gasteiger partial charge in [-0.15, -0.1) is 0 Å². The molecule has 0 fully saturated rings. The molecule has 0 heterocycles. The highest BCUT2D eigenvalue weighted by Gasteiger charge is 2.06. The van der Waals surface area contributed by atoms with Crippen molar-refractivity contribution in [2.45, 2.75) is 26.7 Å². The second-order valence-electron chi connectivity index (χ2n) is 3.19. The zero-order chi connectivity index (χ0) is 8.97. The van der Waals surface area contributed by atoms with Crippen LogP contribution in [0.2, 0.25) is 0 Å². The Bertz CT molecular complexity index is 262. The van der Waals surface area contributed by atoms with Crippen molar-refractivity contribution in [3.63, 3.8) is 0 Å². The average Bonchev–Trinajstić information content (AvgIpc) is 2.08. The van der Waals surface area contributed by atoms with Crippen LogP contribution in [0.4, 0.5) is 0 Å². The summed E-state index contributed by atoms with van der Waals surface area (Å²) in [5, 5.41) is 0. The lowest BCUT2D eigenvalue weighted by Crippen LogP contribution is -1.94. The minimum atomic E-state index is 1.07. The van der Waals surface area contributed by atoms with Crippen LogP contribution in [-0.4, -0.2) is 0 Å². The molecule has 0 heteroatoms. The van der Waals surface area contributed by atoms with Crippen molar-refractivity contribution in [3.05, 3.63) is 47.6 Å². The predicted molar refractivity (Wildman–Crippen MR) is 55.0 cm³/mol. The molecule has 0 saturated carbocycles. The molecule has 1 aliphatic rings. The molecule has 0 nitrogen and oxygen atoms in total. The van der Waals surface area contributed by atoms with Gasteiger partial charge in [-0.3, -0.25) is 0 Å². The summed E-state index contributed by atoms with van der Waals surface area (Å²) in [5.74, 6) is 0. The molecule has 0 aromatic heterocycles. The third-order valence-corrected chi connectivity index (χ3v) is 2.17. The van der Waals surface area contributed by atoms with Crippen molar-refractivity contribution in [3.8, 4) is 0 Å². The van der Waals surface area contributed by atoms with Gasteiger partial charge in [0.15, 0.2) is 0 Å². The highest BCUT2D eigenvalue weighted by molar-refractivity contribution is 5.40. The zero-order valence-electron chi connectivity index (χ0n) is 7.93. The van der Waals surface area contributed by atoms with Gasteiger partial charge < -0.3 is 0 Å². The highest BCUT2D eigenvalue weighted by Crippen LogP contribution is 2.25. The van der Waals surface area contributed by atoms with Crippen molar-refractivity contribution < 1.29 is 0 Å². The SMILES string of the molecule is C=CC1=C(/C=C\C)CC=C(C)C1. The molecular weight excluding hydrogens is 144 g/mol. The summed E-state index contributed by atoms with van der Waals surface area (Å²) >= 11 is 0. The van der Waals surface area contributed by atoms with Crippen LogP contribution in [0.5, 0.6) is 0 Å². The van der Waals surface area contributed by atoms with Gasteiger partial charge in [0.05, 0.1) is 0 Å². The highest BCUT2D eigenvalue weighted by atomic mass is 14.1. The summed E-state index contributed by atoms with van der Waals surface area (Å²) in [6, 6.07) is 0. The molecule has 12 heavy (non-hydrogen) atoms. The first-order valence-corrected chi connectivity index (χ1v) is 4.40. The van der Waals surface area contributed by atoms with Crippen molar-refractivity contribution >= 4 is 0 Å². The fraction of sp³-hybridized carbons (Fsp3) is 0.333. The quantitative estimate of drug-likeness (QED) is 0.539. The van der Waals surface area contributed by atoms with Gasteiger partial charge in [-0.2, -0.15) is 0 Å². The molecule has 0 bridgehead atoms. The van der Waals surface area contributed by atoms with Gasteiger partial charge >= 0.3 is 0 Å². The zero-order valence-corrected chi connectivity index (χ0v) is 7.93. The lowest BCUT2D eigenvalue weighted by atomic mass is 9.92. The Morgan fingerprint density at radius 2 is 2.17 bits per heavy atom. The minimum Gasteiger partial charge on any atom is -0.0988 e. The molecule has 0 atom stereocenters. The monoisotopic (exact) mass is 160 g/mol. The van der Waals surface area contributed by atoms with E-state index in [0.717, 1.165) is 12.8 Å². The maximum Gasteiger partial charge on any atom is -0.00671 e. The van der Waals surface area contributed by atoms with Crippen molar-refractivity contribution in [2.24, 2.45) is 0 Å². The summed E-state index contributed by atoms with van der Waals surface area (Å²) in [5.41, 5.74) is 4.25. The van der Waals surface area contributed by atoms with E-state index < -0.39 is 0 Å². The first-order valence-electron chi connectivity index (χ1n) is 4.40. The van der Waals surface area contributed by atoms with E-state index in [9.17, 15) is 0 Å². The Labute approximate surface area is 75.0 Å². The fourth-order valence-electron chi connectivity index (χ4n) is 1.48. The normalized spacial score (nSPS) is 18.3. The molecule has 0 N–H and O–H groups in total. The van der Waals surface area contributed by atoms with Crippen molar-refractivity contribution in [1.82, 2.24) is 0 Å². The first kappa shape index (κ1) is 9.05. The van der Waals surface area contributed by atoms with E-state index in [2.05, 4.69) is 38.7 Å². The van der Waals surface area contributed by atoms with Crippen LogP contribution in [0.25, 0.3) is 0 Å². The molecule has 64 valence electrons. The second kappa shape index (κ2) is 4.10. The van der Waals surface area contributed by atoms with Crippen molar-refractivity contribution in [1.29, 1.82) is 0 Å². The predicted octanol–water partition coefficient (Wildman–Crippen LogP) is 3.79.